The van der Waals surface area contributed by atoms with E-state index in [0.29, 0.717) is 10.1 Å². The number of hydrogen-bond acceptors (Lipinski definition) is 4. The van der Waals surface area contributed by atoms with Crippen LogP contribution in [0.3, 0.4) is 0 Å². The predicted octanol–water partition coefficient (Wildman–Crippen LogP) is -1.42. The van der Waals surface area contributed by atoms with Crippen LogP contribution in [0.15, 0.2) is 41.2 Å². The maximum absolute atomic E-state index is 12.3. The molecule has 0 saturated carbocycles. The number of rotatable bonds is 1. The van der Waals surface area contributed by atoms with Crippen LogP contribution in [0.25, 0.3) is 20.2 Å². The van der Waals surface area contributed by atoms with E-state index in [9.17, 15) is 14.7 Å². The van der Waals surface area contributed by atoms with Crippen molar-refractivity contribution in [3.63, 3.8) is 0 Å². The molecule has 0 bridgehead atoms. The first-order chi connectivity index (χ1) is 8.68. The Balaban J connectivity index is 0.00000133. The third-order valence-electron chi connectivity index (χ3n) is 2.74. The smallest absolute Gasteiger partial charge is 0.545 e. The fourth-order valence-electron chi connectivity index (χ4n) is 1.95. The third kappa shape index (κ3) is 2.54. The number of carboxylic acid groups (broad SMARTS) is 1. The van der Waals surface area contributed by atoms with Crippen LogP contribution in [0.1, 0.15) is 10.4 Å². The summed E-state index contributed by atoms with van der Waals surface area (Å²) >= 11 is 1.37. The normalized spacial score (nSPS) is 10.3. The number of carbonyl (C=O) groups is 1. The van der Waals surface area contributed by atoms with Crippen molar-refractivity contribution in [2.75, 3.05) is 0 Å². The molecule has 3 aromatic rings. The molecule has 5 heteroatoms. The average Bonchev–Trinajstić information content (AvgIpc) is 2.38. The summed E-state index contributed by atoms with van der Waals surface area (Å²) in [5.41, 5.74) is -0.368. The van der Waals surface area contributed by atoms with Gasteiger partial charge >= 0.3 is 51.4 Å². The summed E-state index contributed by atoms with van der Waals surface area (Å²) in [7, 11) is 0. The van der Waals surface area contributed by atoms with Gasteiger partial charge in [0.25, 0.3) is 0 Å². The van der Waals surface area contributed by atoms with Crippen molar-refractivity contribution in [3.05, 3.63) is 58.3 Å². The standard InChI is InChI=1S/C14H7O3S.K/c15-13-8-4-1-2-6-10(8)18-11-7-3-5-9(12(11)13)14(16)17;/h1-3,5-7H,(H,16,17);/q-1;+1/p-1. The average molecular weight is 293 g/mol. The van der Waals surface area contributed by atoms with Crippen LogP contribution in [-0.2, 0) is 0 Å². The van der Waals surface area contributed by atoms with Crippen molar-refractivity contribution in [2.24, 2.45) is 0 Å². The summed E-state index contributed by atoms with van der Waals surface area (Å²) < 4.78 is 1.44. The molecule has 0 aliphatic carbocycles. The number of fused-ring (bicyclic) bond motifs is 2. The minimum atomic E-state index is -1.33. The van der Waals surface area contributed by atoms with Gasteiger partial charge in [0.2, 0.25) is 0 Å². The van der Waals surface area contributed by atoms with Gasteiger partial charge in [-0.3, -0.25) is 0 Å². The minimum Gasteiger partial charge on any atom is -0.545 e. The molecule has 0 spiro atoms. The Morgan fingerprint density at radius 1 is 1.16 bits per heavy atom. The number of carboxylic acids is 1. The molecule has 0 amide bonds. The van der Waals surface area contributed by atoms with Crippen molar-refractivity contribution < 1.29 is 61.3 Å². The van der Waals surface area contributed by atoms with Crippen molar-refractivity contribution >= 4 is 37.5 Å². The van der Waals surface area contributed by atoms with Gasteiger partial charge in [-0.15, -0.1) is 24.3 Å². The van der Waals surface area contributed by atoms with E-state index in [2.05, 4.69) is 6.07 Å². The van der Waals surface area contributed by atoms with Crippen LogP contribution in [-0.4, -0.2) is 5.97 Å². The van der Waals surface area contributed by atoms with Crippen molar-refractivity contribution in [1.29, 1.82) is 0 Å². The molecule has 0 aliphatic heterocycles. The molecule has 1 aromatic heterocycles. The van der Waals surface area contributed by atoms with Crippen molar-refractivity contribution in [3.8, 4) is 0 Å². The predicted molar refractivity (Wildman–Crippen MR) is 68.8 cm³/mol. The van der Waals surface area contributed by atoms with Gasteiger partial charge in [-0.25, -0.2) is 0 Å². The summed E-state index contributed by atoms with van der Waals surface area (Å²) in [4.78, 5) is 23.3. The Morgan fingerprint density at radius 3 is 2.63 bits per heavy atom. The van der Waals surface area contributed by atoms with Crippen molar-refractivity contribution in [2.45, 2.75) is 0 Å². The maximum atomic E-state index is 12.3. The maximum Gasteiger partial charge on any atom is 1.00 e. The molecular weight excluding hydrogens is 287 g/mol. The summed E-state index contributed by atoms with van der Waals surface area (Å²) in [5, 5.41) is 11.7. The van der Waals surface area contributed by atoms with E-state index in [1.165, 1.54) is 17.4 Å². The van der Waals surface area contributed by atoms with E-state index in [4.69, 9.17) is 0 Å². The molecule has 0 radical (unpaired) electrons. The molecule has 19 heavy (non-hydrogen) atoms. The second kappa shape index (κ2) is 5.83. The summed E-state index contributed by atoms with van der Waals surface area (Å²) in [6.45, 7) is 0. The largest absolute Gasteiger partial charge is 1.00 e. The molecule has 1 heterocycles. The number of aromatic carboxylic acids is 1. The van der Waals surface area contributed by atoms with Gasteiger partial charge in [0.05, 0.1) is 5.97 Å². The van der Waals surface area contributed by atoms with E-state index < -0.39 is 5.97 Å². The van der Waals surface area contributed by atoms with Crippen LogP contribution >= 0.6 is 11.3 Å². The molecule has 0 N–H and O–H groups in total. The first-order valence-electron chi connectivity index (χ1n) is 5.26. The van der Waals surface area contributed by atoms with Crippen LogP contribution in [0.5, 0.6) is 0 Å². The van der Waals surface area contributed by atoms with Gasteiger partial charge in [0.15, 0.2) is 0 Å². The van der Waals surface area contributed by atoms with Gasteiger partial charge in [-0.1, -0.05) is 22.2 Å². The van der Waals surface area contributed by atoms with Crippen LogP contribution < -0.4 is 61.9 Å². The molecule has 0 atom stereocenters. The SMILES string of the molecule is O=C([O-])c1cccc2sc3ccc[c-]c3c(=O)c12.[K+]. The van der Waals surface area contributed by atoms with E-state index in [1.807, 2.05) is 6.07 Å². The quantitative estimate of drug-likeness (QED) is 0.314. The molecular formula is C14H6KO3S-. The summed E-state index contributed by atoms with van der Waals surface area (Å²) in [6, 6.07) is 12.9. The van der Waals surface area contributed by atoms with Gasteiger partial charge in [-0.2, -0.15) is 11.3 Å². The fraction of sp³-hybridized carbons (Fsp3) is 0. The molecule has 0 fully saturated rings. The molecule has 0 aliphatic rings. The molecule has 2 aromatic carbocycles. The summed E-state index contributed by atoms with van der Waals surface area (Å²) in [5.74, 6) is -1.33. The Hall–Kier alpha value is -0.564. The molecule has 0 saturated heterocycles. The zero-order valence-corrected chi connectivity index (χ0v) is 14.0. The number of carbonyl (C=O) groups excluding carboxylic acids is 1. The zero-order valence-electron chi connectivity index (χ0n) is 10.1. The topological polar surface area (TPSA) is 57.2 Å². The van der Waals surface area contributed by atoms with Gasteiger partial charge < -0.3 is 14.7 Å². The Morgan fingerprint density at radius 2 is 1.89 bits per heavy atom. The molecule has 0 unspecified atom stereocenters. The van der Waals surface area contributed by atoms with Crippen LogP contribution in [0, 0.1) is 6.07 Å². The van der Waals surface area contributed by atoms with Crippen LogP contribution in [0.2, 0.25) is 0 Å². The zero-order chi connectivity index (χ0) is 12.7. The van der Waals surface area contributed by atoms with Gasteiger partial charge in [0, 0.05) is 15.6 Å². The third-order valence-corrected chi connectivity index (χ3v) is 3.86. The second-order valence-electron chi connectivity index (χ2n) is 3.81. The van der Waals surface area contributed by atoms with Gasteiger partial charge in [0.1, 0.15) is 5.43 Å². The van der Waals surface area contributed by atoms with E-state index in [0.717, 1.165) is 4.70 Å². The monoisotopic (exact) mass is 293 g/mol. The number of benzene rings is 2. The van der Waals surface area contributed by atoms with Crippen molar-refractivity contribution in [1.82, 2.24) is 0 Å². The Labute approximate surface area is 155 Å². The van der Waals surface area contributed by atoms with Crippen LogP contribution in [0.4, 0.5) is 0 Å². The van der Waals surface area contributed by atoms with E-state index in [-0.39, 0.29) is 67.8 Å². The summed E-state index contributed by atoms with van der Waals surface area (Å²) in [6.07, 6.45) is 0. The second-order valence-corrected chi connectivity index (χ2v) is 4.89. The van der Waals surface area contributed by atoms with E-state index in [1.54, 1.807) is 24.3 Å². The first kappa shape index (κ1) is 14.8. The Kier molecular flexibility index (Phi) is 4.55. The molecule has 3 rings (SSSR count). The Bertz CT molecular complexity index is 839. The minimum absolute atomic E-state index is 0. The first-order valence-corrected chi connectivity index (χ1v) is 6.08. The van der Waals surface area contributed by atoms with Gasteiger partial charge in [-0.05, 0) is 6.07 Å². The number of hydrogen-bond donors (Lipinski definition) is 0. The molecule has 3 nitrogen and oxygen atoms in total. The molecule has 88 valence electrons. The van der Waals surface area contributed by atoms with E-state index >= 15 is 0 Å². The fourth-order valence-corrected chi connectivity index (χ4v) is 3.04.